The van der Waals surface area contributed by atoms with Crippen LogP contribution in [0.2, 0.25) is 0 Å². The summed E-state index contributed by atoms with van der Waals surface area (Å²) in [6.07, 6.45) is 7.45. The number of terminal acetylenes is 1. The highest BCUT2D eigenvalue weighted by Gasteiger charge is 2.53. The molecule has 2 aliphatic carbocycles. The standard InChI is InChI=1S/C18H26F2O3/c1-3-9-22-15-8-6-12-11-5-7-14(21-4-2)16(19)13(11)10-23-18(12)17(15)20/h2,11-18H,3,5-10H2,1H3. The molecule has 1 saturated heterocycles. The van der Waals surface area contributed by atoms with Crippen molar-refractivity contribution in [3.63, 3.8) is 0 Å². The minimum atomic E-state index is -1.13. The maximum atomic E-state index is 14.8. The van der Waals surface area contributed by atoms with Crippen LogP contribution in [0.5, 0.6) is 0 Å². The van der Waals surface area contributed by atoms with Gasteiger partial charge in [-0.1, -0.05) is 13.3 Å². The molecule has 0 spiro atoms. The van der Waals surface area contributed by atoms with E-state index in [2.05, 4.69) is 6.11 Å². The summed E-state index contributed by atoms with van der Waals surface area (Å²) >= 11 is 0. The maximum absolute atomic E-state index is 14.8. The molecule has 0 bridgehead atoms. The average Bonchev–Trinajstić information content (AvgIpc) is 2.56. The fraction of sp³-hybridized carbons (Fsp3) is 0.889. The van der Waals surface area contributed by atoms with E-state index in [1.807, 2.05) is 6.92 Å². The van der Waals surface area contributed by atoms with Gasteiger partial charge in [-0.25, -0.2) is 8.78 Å². The molecule has 0 aromatic carbocycles. The monoisotopic (exact) mass is 328 g/mol. The minimum absolute atomic E-state index is 0.0789. The van der Waals surface area contributed by atoms with Crippen molar-refractivity contribution in [2.45, 2.75) is 69.7 Å². The van der Waals surface area contributed by atoms with E-state index in [9.17, 15) is 8.78 Å². The molecule has 0 N–H and O–H groups in total. The molecule has 2 saturated carbocycles. The van der Waals surface area contributed by atoms with E-state index in [-0.39, 0.29) is 30.5 Å². The van der Waals surface area contributed by atoms with E-state index >= 15 is 0 Å². The summed E-state index contributed by atoms with van der Waals surface area (Å²) in [4.78, 5) is 0. The average molecular weight is 328 g/mol. The second-order valence-corrected chi connectivity index (χ2v) is 7.02. The maximum Gasteiger partial charge on any atom is 0.152 e. The number of hydrogen-bond donors (Lipinski definition) is 0. The molecule has 0 aromatic heterocycles. The Hall–Kier alpha value is -0.860. The van der Waals surface area contributed by atoms with Crippen molar-refractivity contribution >= 4 is 0 Å². The van der Waals surface area contributed by atoms with Gasteiger partial charge in [-0.3, -0.25) is 0 Å². The van der Waals surface area contributed by atoms with Crippen LogP contribution in [0.15, 0.2) is 0 Å². The topological polar surface area (TPSA) is 27.7 Å². The molecule has 0 amide bonds. The molecule has 3 aliphatic rings. The van der Waals surface area contributed by atoms with Gasteiger partial charge in [0.15, 0.2) is 6.17 Å². The van der Waals surface area contributed by atoms with Crippen LogP contribution in [-0.4, -0.2) is 43.9 Å². The normalized spacial score (nSPS) is 46.3. The molecule has 23 heavy (non-hydrogen) atoms. The highest BCUT2D eigenvalue weighted by molar-refractivity contribution is 5.02. The minimum Gasteiger partial charge on any atom is -0.440 e. The van der Waals surface area contributed by atoms with Crippen molar-refractivity contribution in [2.75, 3.05) is 13.2 Å². The second-order valence-electron chi connectivity index (χ2n) is 7.02. The zero-order valence-corrected chi connectivity index (χ0v) is 13.6. The Morgan fingerprint density at radius 3 is 2.52 bits per heavy atom. The molecule has 5 heteroatoms. The third-order valence-electron chi connectivity index (χ3n) is 5.76. The van der Waals surface area contributed by atoms with Crippen LogP contribution in [0, 0.1) is 30.3 Å². The lowest BCUT2D eigenvalue weighted by molar-refractivity contribution is -0.201. The first-order valence-corrected chi connectivity index (χ1v) is 8.80. The van der Waals surface area contributed by atoms with Gasteiger partial charge in [0.05, 0.1) is 18.8 Å². The van der Waals surface area contributed by atoms with Gasteiger partial charge in [0.2, 0.25) is 0 Å². The van der Waals surface area contributed by atoms with Crippen LogP contribution < -0.4 is 0 Å². The Kier molecular flexibility index (Phi) is 5.43. The van der Waals surface area contributed by atoms with Crippen molar-refractivity contribution in [1.82, 2.24) is 0 Å². The molecule has 130 valence electrons. The van der Waals surface area contributed by atoms with Crippen LogP contribution in [0.4, 0.5) is 8.78 Å². The Labute approximate surface area is 137 Å². The quantitative estimate of drug-likeness (QED) is 0.741. The third kappa shape index (κ3) is 3.21. The molecular formula is C18H26F2O3. The van der Waals surface area contributed by atoms with Crippen LogP contribution in [-0.2, 0) is 14.2 Å². The summed E-state index contributed by atoms with van der Waals surface area (Å²) in [5, 5.41) is 0. The number of halogens is 2. The first-order valence-electron chi connectivity index (χ1n) is 8.80. The number of ether oxygens (including phenoxy) is 3. The second kappa shape index (κ2) is 7.36. The smallest absolute Gasteiger partial charge is 0.152 e. The predicted molar refractivity (Wildman–Crippen MR) is 82.2 cm³/mol. The van der Waals surface area contributed by atoms with Crippen molar-refractivity contribution in [3.05, 3.63) is 0 Å². The molecule has 3 fully saturated rings. The summed E-state index contributed by atoms with van der Waals surface area (Å²) in [5.41, 5.74) is 0. The van der Waals surface area contributed by atoms with Gasteiger partial charge in [0, 0.05) is 12.5 Å². The zero-order chi connectivity index (χ0) is 16.4. The number of hydrogen-bond acceptors (Lipinski definition) is 3. The van der Waals surface area contributed by atoms with E-state index in [1.54, 1.807) is 0 Å². The molecular weight excluding hydrogens is 302 g/mol. The molecule has 1 heterocycles. The van der Waals surface area contributed by atoms with E-state index in [4.69, 9.17) is 20.6 Å². The first-order chi connectivity index (χ1) is 11.2. The third-order valence-corrected chi connectivity index (χ3v) is 5.76. The zero-order valence-electron chi connectivity index (χ0n) is 13.6. The lowest BCUT2D eigenvalue weighted by Gasteiger charge is -2.51. The SMILES string of the molecule is C#COC1CCC2C(COC3C(F)C(OCCC)CCC23)C1F. The fourth-order valence-electron chi connectivity index (χ4n) is 4.67. The van der Waals surface area contributed by atoms with Crippen LogP contribution in [0.25, 0.3) is 0 Å². The van der Waals surface area contributed by atoms with Crippen LogP contribution in [0.3, 0.4) is 0 Å². The van der Waals surface area contributed by atoms with Gasteiger partial charge < -0.3 is 14.2 Å². The lowest BCUT2D eigenvalue weighted by Crippen LogP contribution is -2.58. The van der Waals surface area contributed by atoms with E-state index in [0.717, 1.165) is 19.3 Å². The summed E-state index contributed by atoms with van der Waals surface area (Å²) < 4.78 is 45.9. The van der Waals surface area contributed by atoms with Crippen LogP contribution >= 0.6 is 0 Å². The van der Waals surface area contributed by atoms with Gasteiger partial charge in [-0.05, 0) is 43.9 Å². The fourth-order valence-corrected chi connectivity index (χ4v) is 4.67. The summed E-state index contributed by atoms with van der Waals surface area (Å²) in [7, 11) is 0. The van der Waals surface area contributed by atoms with Crippen molar-refractivity contribution in [2.24, 2.45) is 17.8 Å². The summed E-state index contributed by atoms with van der Waals surface area (Å²) in [6.45, 7) is 2.84. The predicted octanol–water partition coefficient (Wildman–Crippen LogP) is 3.27. The number of rotatable bonds is 4. The number of alkyl halides is 2. The Balaban J connectivity index is 1.66. The van der Waals surface area contributed by atoms with E-state index in [0.29, 0.717) is 19.4 Å². The lowest BCUT2D eigenvalue weighted by atomic mass is 9.63. The molecule has 8 unspecified atom stereocenters. The molecule has 3 rings (SSSR count). The largest absolute Gasteiger partial charge is 0.440 e. The summed E-state index contributed by atoms with van der Waals surface area (Å²) in [5.74, 6) is 0.00525. The molecule has 3 nitrogen and oxygen atoms in total. The van der Waals surface area contributed by atoms with Crippen molar-refractivity contribution in [3.8, 4) is 12.5 Å². The Morgan fingerprint density at radius 1 is 1.04 bits per heavy atom. The van der Waals surface area contributed by atoms with Crippen molar-refractivity contribution in [1.29, 1.82) is 0 Å². The highest BCUT2D eigenvalue weighted by Crippen LogP contribution is 2.48. The Morgan fingerprint density at radius 2 is 1.78 bits per heavy atom. The molecule has 1 aliphatic heterocycles. The number of fused-ring (bicyclic) bond motifs is 3. The first kappa shape index (κ1) is 17.0. The van der Waals surface area contributed by atoms with Gasteiger partial charge in [0.1, 0.15) is 18.4 Å². The highest BCUT2D eigenvalue weighted by atomic mass is 19.1. The summed E-state index contributed by atoms with van der Waals surface area (Å²) in [6, 6.07) is 0. The van der Waals surface area contributed by atoms with Crippen LogP contribution in [0.1, 0.15) is 39.0 Å². The molecule has 0 radical (unpaired) electrons. The van der Waals surface area contributed by atoms with Gasteiger partial charge in [0.25, 0.3) is 0 Å². The van der Waals surface area contributed by atoms with E-state index < -0.39 is 24.6 Å². The van der Waals surface area contributed by atoms with Gasteiger partial charge in [-0.2, -0.15) is 0 Å². The van der Waals surface area contributed by atoms with Crippen molar-refractivity contribution < 1.29 is 23.0 Å². The van der Waals surface area contributed by atoms with Gasteiger partial charge >= 0.3 is 0 Å². The van der Waals surface area contributed by atoms with E-state index in [1.165, 1.54) is 0 Å². The molecule has 8 atom stereocenters. The van der Waals surface area contributed by atoms with Gasteiger partial charge in [-0.15, -0.1) is 0 Å². The Bertz CT molecular complexity index is 438. The molecule has 0 aromatic rings.